The fourth-order valence-electron chi connectivity index (χ4n) is 4.79. The first kappa shape index (κ1) is 23.7. The lowest BCUT2D eigenvalue weighted by molar-refractivity contribution is -0.127. The van der Waals surface area contributed by atoms with Gasteiger partial charge in [0, 0.05) is 23.4 Å². The number of anilines is 2. The summed E-state index contributed by atoms with van der Waals surface area (Å²) in [5.74, 6) is 0.872. The van der Waals surface area contributed by atoms with Crippen LogP contribution < -0.4 is 10.6 Å². The maximum atomic E-state index is 13.1. The Morgan fingerprint density at radius 2 is 1.79 bits per heavy atom. The van der Waals surface area contributed by atoms with Gasteiger partial charge in [-0.15, -0.1) is 6.58 Å². The van der Waals surface area contributed by atoms with E-state index in [0.717, 1.165) is 78.7 Å². The van der Waals surface area contributed by atoms with Crippen molar-refractivity contribution in [2.24, 2.45) is 5.41 Å². The average molecular weight is 459 g/mol. The molecule has 178 valence electrons. The third-order valence-electron chi connectivity index (χ3n) is 6.77. The van der Waals surface area contributed by atoms with E-state index in [1.165, 1.54) is 6.42 Å². The Kier molecular flexibility index (Phi) is 7.46. The van der Waals surface area contributed by atoms with Gasteiger partial charge in [-0.3, -0.25) is 9.59 Å². The normalized spacial score (nSPS) is 15.1. The van der Waals surface area contributed by atoms with Crippen molar-refractivity contribution in [1.29, 1.82) is 0 Å². The highest BCUT2D eigenvalue weighted by atomic mass is 16.2. The molecular weight excluding hydrogens is 424 g/mol. The van der Waals surface area contributed by atoms with E-state index in [4.69, 9.17) is 0 Å². The number of aromatic amines is 1. The Morgan fingerprint density at radius 3 is 2.50 bits per heavy atom. The highest BCUT2D eigenvalue weighted by Gasteiger charge is 2.38. The number of allylic oxidation sites excluding steroid dienone is 1. The summed E-state index contributed by atoms with van der Waals surface area (Å²) in [5.41, 5.74) is 3.85. The van der Waals surface area contributed by atoms with Crippen molar-refractivity contribution in [3.05, 3.63) is 55.1 Å². The van der Waals surface area contributed by atoms with Gasteiger partial charge >= 0.3 is 0 Å². The van der Waals surface area contributed by atoms with Crippen LogP contribution in [0.1, 0.15) is 64.7 Å². The van der Waals surface area contributed by atoms with Gasteiger partial charge in [-0.25, -0.2) is 4.98 Å². The largest absolute Gasteiger partial charge is 0.338 e. The number of amides is 2. The number of aromatic nitrogens is 2. The van der Waals surface area contributed by atoms with E-state index in [-0.39, 0.29) is 17.2 Å². The van der Waals surface area contributed by atoms with Crippen LogP contribution in [0.5, 0.6) is 0 Å². The average Bonchev–Trinajstić information content (AvgIpc) is 3.27. The Bertz CT molecular complexity index is 1160. The van der Waals surface area contributed by atoms with Gasteiger partial charge in [0.1, 0.15) is 5.82 Å². The van der Waals surface area contributed by atoms with E-state index < -0.39 is 0 Å². The zero-order chi connectivity index (χ0) is 24.0. The molecule has 0 atom stereocenters. The number of hydrogen-bond donors (Lipinski definition) is 3. The Labute approximate surface area is 201 Å². The molecular formula is C28H34N4O2. The van der Waals surface area contributed by atoms with E-state index in [0.29, 0.717) is 6.42 Å². The first-order valence-electron chi connectivity index (χ1n) is 12.4. The summed E-state index contributed by atoms with van der Waals surface area (Å²) in [6, 6.07) is 13.5. The molecule has 0 saturated heterocycles. The van der Waals surface area contributed by atoms with Crippen LogP contribution in [-0.4, -0.2) is 21.8 Å². The highest BCUT2D eigenvalue weighted by Crippen LogP contribution is 2.40. The van der Waals surface area contributed by atoms with Gasteiger partial charge in [-0.05, 0) is 68.1 Å². The zero-order valence-corrected chi connectivity index (χ0v) is 20.0. The van der Waals surface area contributed by atoms with Crippen LogP contribution in [-0.2, 0) is 9.59 Å². The lowest BCUT2D eigenvalue weighted by Gasteiger charge is -2.35. The molecule has 34 heavy (non-hydrogen) atoms. The van der Waals surface area contributed by atoms with Crippen LogP contribution >= 0.6 is 0 Å². The number of imidazole rings is 1. The molecule has 0 spiro atoms. The Hall–Kier alpha value is -3.41. The van der Waals surface area contributed by atoms with Crippen LogP contribution in [0.4, 0.5) is 11.4 Å². The van der Waals surface area contributed by atoms with Crippen molar-refractivity contribution >= 4 is 34.2 Å². The van der Waals surface area contributed by atoms with Crippen molar-refractivity contribution in [1.82, 2.24) is 9.97 Å². The Balaban J connectivity index is 1.45. The van der Waals surface area contributed by atoms with Crippen LogP contribution in [0.25, 0.3) is 22.4 Å². The molecule has 6 nitrogen and oxygen atoms in total. The first-order valence-corrected chi connectivity index (χ1v) is 12.4. The molecule has 3 aromatic rings. The SMILES string of the molecule is C=CCC1(C(=O)Nc2ccc(-c3nc4ccc(NC(=O)CCCC)cc4[nH]3)cc2)CCCCC1. The summed E-state index contributed by atoms with van der Waals surface area (Å²) in [5, 5.41) is 6.07. The molecule has 2 aromatic carbocycles. The quantitative estimate of drug-likeness (QED) is 0.307. The molecule has 4 rings (SSSR count). The van der Waals surface area contributed by atoms with Gasteiger partial charge in [0.2, 0.25) is 11.8 Å². The van der Waals surface area contributed by atoms with Crippen molar-refractivity contribution in [3.8, 4) is 11.4 Å². The van der Waals surface area contributed by atoms with Crippen LogP contribution in [0, 0.1) is 5.41 Å². The van der Waals surface area contributed by atoms with Gasteiger partial charge in [0.15, 0.2) is 0 Å². The van der Waals surface area contributed by atoms with Crippen molar-refractivity contribution in [2.75, 3.05) is 10.6 Å². The number of nitrogens with one attached hydrogen (secondary N) is 3. The number of rotatable bonds is 9. The molecule has 3 N–H and O–H groups in total. The molecule has 2 amide bonds. The van der Waals surface area contributed by atoms with Crippen LogP contribution in [0.2, 0.25) is 0 Å². The van der Waals surface area contributed by atoms with Gasteiger partial charge in [0.25, 0.3) is 0 Å². The third-order valence-corrected chi connectivity index (χ3v) is 6.77. The lowest BCUT2D eigenvalue weighted by atomic mass is 9.71. The van der Waals surface area contributed by atoms with E-state index >= 15 is 0 Å². The van der Waals surface area contributed by atoms with E-state index in [2.05, 4.69) is 34.1 Å². The van der Waals surface area contributed by atoms with Gasteiger partial charge in [0.05, 0.1) is 16.4 Å². The fourth-order valence-corrected chi connectivity index (χ4v) is 4.79. The minimum atomic E-state index is -0.332. The molecule has 1 saturated carbocycles. The van der Waals surface area contributed by atoms with Gasteiger partial charge in [-0.1, -0.05) is 38.7 Å². The molecule has 0 bridgehead atoms. The molecule has 1 aliphatic carbocycles. The van der Waals surface area contributed by atoms with Crippen LogP contribution in [0.3, 0.4) is 0 Å². The number of carbonyl (C=O) groups is 2. The molecule has 6 heteroatoms. The van der Waals surface area contributed by atoms with E-state index in [1.54, 1.807) is 0 Å². The predicted molar refractivity (Wildman–Crippen MR) is 139 cm³/mol. The van der Waals surface area contributed by atoms with Crippen molar-refractivity contribution in [3.63, 3.8) is 0 Å². The molecule has 1 aromatic heterocycles. The number of carbonyl (C=O) groups excluding carboxylic acids is 2. The standard InChI is InChI=1S/C28H34N4O2/c1-3-5-9-25(33)29-22-14-15-23-24(19-22)32-26(31-23)20-10-12-21(13-11-20)30-27(34)28(16-4-2)17-7-6-8-18-28/h4,10-15,19H,2-3,5-9,16-18H2,1H3,(H,29,33)(H,30,34)(H,31,32). The number of hydrogen-bond acceptors (Lipinski definition) is 3. The minimum Gasteiger partial charge on any atom is -0.338 e. The summed E-state index contributed by atoms with van der Waals surface area (Å²) in [7, 11) is 0. The summed E-state index contributed by atoms with van der Waals surface area (Å²) in [6.07, 6.45) is 10.2. The molecule has 1 heterocycles. The predicted octanol–water partition coefficient (Wildman–Crippen LogP) is 6.82. The topological polar surface area (TPSA) is 86.9 Å². The number of fused-ring (bicyclic) bond motifs is 1. The maximum Gasteiger partial charge on any atom is 0.230 e. The molecule has 0 unspecified atom stereocenters. The minimum absolute atomic E-state index is 0.0293. The second-order valence-corrected chi connectivity index (χ2v) is 9.33. The summed E-state index contributed by atoms with van der Waals surface area (Å²) in [4.78, 5) is 33.2. The van der Waals surface area contributed by atoms with E-state index in [1.807, 2.05) is 48.5 Å². The number of benzene rings is 2. The van der Waals surface area contributed by atoms with Crippen molar-refractivity contribution in [2.45, 2.75) is 64.7 Å². The molecule has 0 aliphatic heterocycles. The summed E-state index contributed by atoms with van der Waals surface area (Å²) < 4.78 is 0. The summed E-state index contributed by atoms with van der Waals surface area (Å²) in [6.45, 7) is 5.94. The van der Waals surface area contributed by atoms with Crippen molar-refractivity contribution < 1.29 is 9.59 Å². The number of nitrogens with zero attached hydrogens (tertiary/aromatic N) is 1. The lowest BCUT2D eigenvalue weighted by Crippen LogP contribution is -2.37. The van der Waals surface area contributed by atoms with Crippen LogP contribution in [0.15, 0.2) is 55.1 Å². The first-order chi connectivity index (χ1) is 16.5. The molecule has 0 radical (unpaired) electrons. The second kappa shape index (κ2) is 10.7. The summed E-state index contributed by atoms with van der Waals surface area (Å²) >= 11 is 0. The fraction of sp³-hybridized carbons (Fsp3) is 0.393. The molecule has 1 aliphatic rings. The highest BCUT2D eigenvalue weighted by molar-refractivity contribution is 5.96. The van der Waals surface area contributed by atoms with Gasteiger partial charge in [-0.2, -0.15) is 0 Å². The van der Waals surface area contributed by atoms with Gasteiger partial charge < -0.3 is 15.6 Å². The maximum absolute atomic E-state index is 13.1. The number of unbranched alkanes of at least 4 members (excludes halogenated alkanes) is 1. The second-order valence-electron chi connectivity index (χ2n) is 9.33. The zero-order valence-electron chi connectivity index (χ0n) is 20.0. The smallest absolute Gasteiger partial charge is 0.230 e. The van der Waals surface area contributed by atoms with E-state index in [9.17, 15) is 9.59 Å². The third kappa shape index (κ3) is 5.38. The number of H-pyrrole nitrogens is 1. The Morgan fingerprint density at radius 1 is 1.06 bits per heavy atom. The monoisotopic (exact) mass is 458 g/mol. The molecule has 1 fully saturated rings.